The van der Waals surface area contributed by atoms with Gasteiger partial charge in [0.15, 0.2) is 11.5 Å². The number of aromatic nitrogens is 1. The number of pyridine rings is 1. The van der Waals surface area contributed by atoms with Crippen molar-refractivity contribution in [3.8, 4) is 22.6 Å². The molecule has 0 saturated carbocycles. The lowest BCUT2D eigenvalue weighted by molar-refractivity contribution is 0.174. The summed E-state index contributed by atoms with van der Waals surface area (Å²) in [6, 6.07) is 17.9. The summed E-state index contributed by atoms with van der Waals surface area (Å²) >= 11 is 0. The largest absolute Gasteiger partial charge is 0.454 e. The zero-order valence-corrected chi connectivity index (χ0v) is 13.6. The maximum atomic E-state index is 12.9. The zero-order chi connectivity index (χ0) is 17.0. The van der Waals surface area contributed by atoms with Crippen molar-refractivity contribution >= 4 is 21.7 Å². The van der Waals surface area contributed by atoms with E-state index in [0.29, 0.717) is 17.1 Å². The highest BCUT2D eigenvalue weighted by atomic mass is 16.7. The first kappa shape index (κ1) is 14.1. The van der Waals surface area contributed by atoms with Gasteiger partial charge in [-0.1, -0.05) is 42.5 Å². The molecule has 0 bridgehead atoms. The van der Waals surface area contributed by atoms with Gasteiger partial charge in [0.1, 0.15) is 0 Å². The maximum absolute atomic E-state index is 12.9. The van der Waals surface area contributed by atoms with Gasteiger partial charge in [-0.25, -0.2) is 0 Å². The van der Waals surface area contributed by atoms with Crippen LogP contribution in [-0.2, 0) is 0 Å². The van der Waals surface area contributed by atoms with Gasteiger partial charge in [-0.05, 0) is 34.9 Å². The van der Waals surface area contributed by atoms with E-state index in [0.717, 1.165) is 32.8 Å². The minimum atomic E-state index is -0.0970. The van der Waals surface area contributed by atoms with Gasteiger partial charge in [-0.3, -0.25) is 4.79 Å². The number of hydrogen-bond acceptors (Lipinski definition) is 3. The van der Waals surface area contributed by atoms with Crippen molar-refractivity contribution in [3.63, 3.8) is 0 Å². The molecule has 0 atom stereocenters. The molecule has 0 amide bonds. The molecule has 5 rings (SSSR count). The lowest BCUT2D eigenvalue weighted by atomic mass is 9.94. The van der Waals surface area contributed by atoms with E-state index in [4.69, 9.17) is 9.47 Å². The first-order valence-corrected chi connectivity index (χ1v) is 8.17. The molecular weight excluding hydrogens is 314 g/mol. The number of ether oxygens (including phenoxy) is 2. The van der Waals surface area contributed by atoms with Crippen molar-refractivity contribution < 1.29 is 9.47 Å². The van der Waals surface area contributed by atoms with E-state index in [1.54, 1.807) is 0 Å². The SMILES string of the molecule is Cc1c(-c2cccc3ccccc23)c(=O)[nH]c2cc3c(cc12)OCO3. The van der Waals surface area contributed by atoms with Crippen LogP contribution < -0.4 is 15.0 Å². The second-order valence-corrected chi connectivity index (χ2v) is 6.23. The Morgan fingerprint density at radius 2 is 1.68 bits per heavy atom. The van der Waals surface area contributed by atoms with Gasteiger partial charge in [0.2, 0.25) is 6.79 Å². The quantitative estimate of drug-likeness (QED) is 0.563. The Bertz CT molecular complexity index is 1200. The third-order valence-electron chi connectivity index (χ3n) is 4.83. The molecule has 25 heavy (non-hydrogen) atoms. The molecule has 4 nitrogen and oxygen atoms in total. The molecule has 4 aromatic rings. The van der Waals surface area contributed by atoms with Crippen LogP contribution in [0.25, 0.3) is 32.8 Å². The van der Waals surface area contributed by atoms with Crippen molar-refractivity contribution in [1.82, 2.24) is 4.98 Å². The Morgan fingerprint density at radius 3 is 2.56 bits per heavy atom. The van der Waals surface area contributed by atoms with Gasteiger partial charge in [-0.15, -0.1) is 0 Å². The number of hydrogen-bond donors (Lipinski definition) is 1. The highest BCUT2D eigenvalue weighted by Gasteiger charge is 2.19. The van der Waals surface area contributed by atoms with Crippen LogP contribution in [0.1, 0.15) is 5.56 Å². The molecule has 1 N–H and O–H groups in total. The third kappa shape index (κ3) is 2.04. The number of nitrogens with one attached hydrogen (secondary N) is 1. The minimum Gasteiger partial charge on any atom is -0.454 e. The Balaban J connectivity index is 1.87. The topological polar surface area (TPSA) is 51.3 Å². The van der Waals surface area contributed by atoms with Crippen LogP contribution in [0.15, 0.2) is 59.4 Å². The molecule has 1 aliphatic heterocycles. The number of H-pyrrole nitrogens is 1. The summed E-state index contributed by atoms with van der Waals surface area (Å²) < 4.78 is 10.9. The standard InChI is InChI=1S/C21H15NO3/c1-12-16-9-18-19(25-11-24-18)10-17(16)22-21(23)20(12)15-8-4-6-13-5-2-3-7-14(13)15/h2-10H,11H2,1H3,(H,22,23). The molecule has 4 heteroatoms. The van der Waals surface area contributed by atoms with Crippen molar-refractivity contribution in [3.05, 3.63) is 70.5 Å². The monoisotopic (exact) mass is 329 g/mol. The Labute approximate surface area is 143 Å². The van der Waals surface area contributed by atoms with Gasteiger partial charge in [0, 0.05) is 11.5 Å². The fourth-order valence-electron chi connectivity index (χ4n) is 3.61. The molecule has 2 heterocycles. The van der Waals surface area contributed by atoms with Crippen molar-refractivity contribution in [1.29, 1.82) is 0 Å². The number of aryl methyl sites for hydroxylation is 1. The molecule has 0 spiro atoms. The van der Waals surface area contributed by atoms with Crippen LogP contribution in [-0.4, -0.2) is 11.8 Å². The molecule has 0 unspecified atom stereocenters. The van der Waals surface area contributed by atoms with Crippen LogP contribution in [0, 0.1) is 6.92 Å². The number of benzene rings is 3. The predicted octanol–water partition coefficient (Wildman–Crippen LogP) is 4.39. The normalized spacial score (nSPS) is 12.8. The smallest absolute Gasteiger partial charge is 0.256 e. The first-order valence-electron chi connectivity index (χ1n) is 8.17. The van der Waals surface area contributed by atoms with Crippen LogP contribution >= 0.6 is 0 Å². The van der Waals surface area contributed by atoms with Gasteiger partial charge < -0.3 is 14.5 Å². The molecule has 0 aliphatic carbocycles. The fourth-order valence-corrected chi connectivity index (χ4v) is 3.61. The van der Waals surface area contributed by atoms with Gasteiger partial charge in [0.05, 0.1) is 11.1 Å². The average Bonchev–Trinajstić information content (AvgIpc) is 3.08. The van der Waals surface area contributed by atoms with Crippen LogP contribution in [0.4, 0.5) is 0 Å². The zero-order valence-electron chi connectivity index (χ0n) is 13.6. The summed E-state index contributed by atoms with van der Waals surface area (Å²) in [5.41, 5.74) is 3.24. The van der Waals surface area contributed by atoms with E-state index in [9.17, 15) is 4.79 Å². The van der Waals surface area contributed by atoms with Crippen molar-refractivity contribution in [2.45, 2.75) is 6.92 Å². The van der Waals surface area contributed by atoms with Gasteiger partial charge >= 0.3 is 0 Å². The summed E-state index contributed by atoms with van der Waals surface area (Å²) in [4.78, 5) is 15.9. The summed E-state index contributed by atoms with van der Waals surface area (Å²) in [5.74, 6) is 1.38. The Hall–Kier alpha value is -3.27. The van der Waals surface area contributed by atoms with E-state index in [2.05, 4.69) is 17.1 Å². The Kier molecular flexibility index (Phi) is 2.88. The van der Waals surface area contributed by atoms with Crippen LogP contribution in [0.3, 0.4) is 0 Å². The second kappa shape index (κ2) is 5.11. The maximum Gasteiger partial charge on any atom is 0.256 e. The van der Waals surface area contributed by atoms with Crippen LogP contribution in [0.5, 0.6) is 11.5 Å². The third-order valence-corrected chi connectivity index (χ3v) is 4.83. The van der Waals surface area contributed by atoms with Gasteiger partial charge in [0.25, 0.3) is 5.56 Å². The molecule has 0 fully saturated rings. The highest BCUT2D eigenvalue weighted by Crippen LogP contribution is 2.38. The summed E-state index contributed by atoms with van der Waals surface area (Å²) in [6.07, 6.45) is 0. The summed E-state index contributed by atoms with van der Waals surface area (Å²) in [7, 11) is 0. The number of aromatic amines is 1. The van der Waals surface area contributed by atoms with E-state index < -0.39 is 0 Å². The lowest BCUT2D eigenvalue weighted by Crippen LogP contribution is -2.11. The molecule has 1 aromatic heterocycles. The lowest BCUT2D eigenvalue weighted by Gasteiger charge is -2.12. The molecule has 0 radical (unpaired) electrons. The first-order chi connectivity index (χ1) is 12.2. The summed E-state index contributed by atoms with van der Waals surface area (Å²) in [6.45, 7) is 2.20. The van der Waals surface area contributed by atoms with Crippen molar-refractivity contribution in [2.24, 2.45) is 0 Å². The number of fused-ring (bicyclic) bond motifs is 3. The Morgan fingerprint density at radius 1 is 0.920 bits per heavy atom. The molecule has 3 aromatic carbocycles. The molecule has 0 saturated heterocycles. The van der Waals surface area contributed by atoms with E-state index in [1.807, 2.05) is 49.4 Å². The van der Waals surface area contributed by atoms with Gasteiger partial charge in [-0.2, -0.15) is 0 Å². The minimum absolute atomic E-state index is 0.0970. The van der Waals surface area contributed by atoms with E-state index in [-0.39, 0.29) is 12.4 Å². The van der Waals surface area contributed by atoms with Crippen molar-refractivity contribution in [2.75, 3.05) is 6.79 Å². The molecule has 122 valence electrons. The summed E-state index contributed by atoms with van der Waals surface area (Å²) in [5, 5.41) is 3.15. The number of rotatable bonds is 1. The van der Waals surface area contributed by atoms with Crippen LogP contribution in [0.2, 0.25) is 0 Å². The molecular formula is C21H15NO3. The second-order valence-electron chi connectivity index (χ2n) is 6.23. The van der Waals surface area contributed by atoms with E-state index in [1.165, 1.54) is 0 Å². The molecule has 1 aliphatic rings. The highest BCUT2D eigenvalue weighted by molar-refractivity contribution is 6.00. The fraction of sp³-hybridized carbons (Fsp3) is 0.0952. The average molecular weight is 329 g/mol. The predicted molar refractivity (Wildman–Crippen MR) is 98.4 cm³/mol. The van der Waals surface area contributed by atoms with E-state index >= 15 is 0 Å².